The van der Waals surface area contributed by atoms with E-state index in [0.29, 0.717) is 25.5 Å². The fourth-order valence-electron chi connectivity index (χ4n) is 2.77. The van der Waals surface area contributed by atoms with E-state index in [4.69, 9.17) is 9.47 Å². The average molecular weight is 346 g/mol. The number of aromatic nitrogens is 1. The zero-order valence-electron chi connectivity index (χ0n) is 13.8. The Hall–Kier alpha value is -1.92. The lowest BCUT2D eigenvalue weighted by Gasteiger charge is -2.21. The van der Waals surface area contributed by atoms with Crippen molar-refractivity contribution >= 4 is 17.2 Å². The molecule has 1 aromatic heterocycles. The molecule has 128 valence electrons. The first-order valence-electron chi connectivity index (χ1n) is 8.18. The molecule has 6 heteroatoms. The molecule has 1 aliphatic heterocycles. The van der Waals surface area contributed by atoms with Gasteiger partial charge in [-0.3, -0.25) is 4.79 Å². The molecule has 1 N–H and O–H groups in total. The molecule has 24 heavy (non-hydrogen) atoms. The second-order valence-corrected chi connectivity index (χ2v) is 7.04. The Morgan fingerprint density at radius 1 is 1.50 bits per heavy atom. The van der Waals surface area contributed by atoms with Crippen molar-refractivity contribution in [1.82, 2.24) is 10.3 Å². The lowest BCUT2D eigenvalue weighted by atomic mass is 9.98. The third kappa shape index (κ3) is 4.55. The van der Waals surface area contributed by atoms with Gasteiger partial charge in [-0.2, -0.15) is 0 Å². The largest absolute Gasteiger partial charge is 0.497 e. The van der Waals surface area contributed by atoms with Crippen molar-refractivity contribution < 1.29 is 14.3 Å². The zero-order valence-corrected chi connectivity index (χ0v) is 14.6. The first kappa shape index (κ1) is 16.9. The number of thiazole rings is 1. The van der Waals surface area contributed by atoms with Gasteiger partial charge in [0.2, 0.25) is 5.91 Å². The van der Waals surface area contributed by atoms with Crippen LogP contribution in [-0.4, -0.2) is 31.2 Å². The average Bonchev–Trinajstić information content (AvgIpc) is 3.10. The van der Waals surface area contributed by atoms with Gasteiger partial charge < -0.3 is 14.8 Å². The number of methoxy groups -OCH3 is 1. The highest BCUT2D eigenvalue weighted by Crippen LogP contribution is 2.27. The molecule has 3 rings (SSSR count). The lowest BCUT2D eigenvalue weighted by molar-refractivity contribution is -0.123. The van der Waals surface area contributed by atoms with Crippen LogP contribution in [0.2, 0.25) is 0 Å². The summed E-state index contributed by atoms with van der Waals surface area (Å²) in [7, 11) is 1.65. The number of ether oxygens (including phenoxy) is 2. The van der Waals surface area contributed by atoms with Gasteiger partial charge in [0, 0.05) is 36.3 Å². The van der Waals surface area contributed by atoms with Crippen LogP contribution in [0, 0.1) is 5.92 Å². The van der Waals surface area contributed by atoms with E-state index in [1.54, 1.807) is 18.4 Å². The molecule has 1 unspecified atom stereocenters. The summed E-state index contributed by atoms with van der Waals surface area (Å²) in [5.74, 6) is 1.25. The Labute approximate surface area is 146 Å². The maximum Gasteiger partial charge on any atom is 0.220 e. The molecule has 1 fully saturated rings. The van der Waals surface area contributed by atoms with Gasteiger partial charge in [-0.15, -0.1) is 11.3 Å². The third-order valence-electron chi connectivity index (χ3n) is 4.06. The molecular formula is C18H22N2O3S. The quantitative estimate of drug-likeness (QED) is 0.872. The topological polar surface area (TPSA) is 60.5 Å². The van der Waals surface area contributed by atoms with Gasteiger partial charge in [-0.25, -0.2) is 4.98 Å². The maximum absolute atomic E-state index is 12.0. The van der Waals surface area contributed by atoms with E-state index in [1.807, 2.05) is 30.5 Å². The van der Waals surface area contributed by atoms with Crippen molar-refractivity contribution in [2.45, 2.75) is 25.8 Å². The summed E-state index contributed by atoms with van der Waals surface area (Å²) in [5.41, 5.74) is 1.02. The van der Waals surface area contributed by atoms with Crippen LogP contribution in [-0.2, 0) is 16.1 Å². The maximum atomic E-state index is 12.0. The third-order valence-corrected chi connectivity index (χ3v) is 5.11. The van der Waals surface area contributed by atoms with Gasteiger partial charge in [0.25, 0.3) is 0 Å². The van der Waals surface area contributed by atoms with E-state index >= 15 is 0 Å². The molecule has 0 radical (unpaired) electrons. The smallest absolute Gasteiger partial charge is 0.220 e. The Balaban J connectivity index is 1.53. The Bertz CT molecular complexity index is 680. The number of hydrogen-bond acceptors (Lipinski definition) is 5. The number of amides is 1. The number of nitrogens with one attached hydrogen (secondary N) is 1. The minimum absolute atomic E-state index is 0.0850. The minimum Gasteiger partial charge on any atom is -0.497 e. The van der Waals surface area contributed by atoms with Gasteiger partial charge in [0.05, 0.1) is 13.7 Å². The van der Waals surface area contributed by atoms with E-state index in [0.717, 1.165) is 40.6 Å². The number of carbonyl (C=O) groups excluding carboxylic acids is 1. The van der Waals surface area contributed by atoms with E-state index in [2.05, 4.69) is 10.3 Å². The second-order valence-electron chi connectivity index (χ2n) is 5.93. The lowest BCUT2D eigenvalue weighted by Crippen LogP contribution is -2.28. The summed E-state index contributed by atoms with van der Waals surface area (Å²) in [4.78, 5) is 17.5. The van der Waals surface area contributed by atoms with E-state index < -0.39 is 0 Å². The molecule has 1 aromatic carbocycles. The van der Waals surface area contributed by atoms with Crippen LogP contribution in [0.3, 0.4) is 0 Å². The van der Waals surface area contributed by atoms with Gasteiger partial charge in [-0.1, -0.05) is 12.1 Å². The van der Waals surface area contributed by atoms with Crippen LogP contribution in [0.15, 0.2) is 30.5 Å². The molecule has 0 spiro atoms. The van der Waals surface area contributed by atoms with E-state index in [9.17, 15) is 4.79 Å². The zero-order chi connectivity index (χ0) is 16.8. The Morgan fingerprint density at radius 3 is 3.21 bits per heavy atom. The second kappa shape index (κ2) is 8.26. The summed E-state index contributed by atoms with van der Waals surface area (Å²) < 4.78 is 10.7. The molecule has 2 heterocycles. The molecule has 5 nitrogen and oxygen atoms in total. The van der Waals surface area contributed by atoms with Crippen molar-refractivity contribution in [2.75, 3.05) is 20.3 Å². The van der Waals surface area contributed by atoms with Gasteiger partial charge in [-0.05, 0) is 30.9 Å². The first-order valence-corrected chi connectivity index (χ1v) is 9.00. The van der Waals surface area contributed by atoms with Crippen molar-refractivity contribution in [3.8, 4) is 16.3 Å². The minimum atomic E-state index is 0.0850. The SMILES string of the molecule is COc1cccc(-c2ncc(CNC(=O)CC3CCCOC3)s2)c1. The Kier molecular flexibility index (Phi) is 5.82. The molecule has 0 aliphatic carbocycles. The summed E-state index contributed by atoms with van der Waals surface area (Å²) >= 11 is 1.59. The summed E-state index contributed by atoms with van der Waals surface area (Å²) in [6.07, 6.45) is 4.50. The highest BCUT2D eigenvalue weighted by atomic mass is 32.1. The predicted molar refractivity (Wildman–Crippen MR) is 94.1 cm³/mol. The number of rotatable bonds is 6. The van der Waals surface area contributed by atoms with Crippen LogP contribution < -0.4 is 10.1 Å². The van der Waals surface area contributed by atoms with Crippen LogP contribution in [0.5, 0.6) is 5.75 Å². The van der Waals surface area contributed by atoms with Crippen LogP contribution in [0.25, 0.3) is 10.6 Å². The van der Waals surface area contributed by atoms with Crippen molar-refractivity contribution in [3.63, 3.8) is 0 Å². The van der Waals surface area contributed by atoms with Gasteiger partial charge >= 0.3 is 0 Å². The molecule has 1 aliphatic rings. The molecule has 1 saturated heterocycles. The van der Waals surface area contributed by atoms with E-state index in [1.165, 1.54) is 0 Å². The number of benzene rings is 1. The highest BCUT2D eigenvalue weighted by Gasteiger charge is 2.17. The molecular weight excluding hydrogens is 324 g/mol. The molecule has 2 aromatic rings. The number of hydrogen-bond donors (Lipinski definition) is 1. The van der Waals surface area contributed by atoms with Crippen molar-refractivity contribution in [2.24, 2.45) is 5.92 Å². The van der Waals surface area contributed by atoms with Crippen LogP contribution >= 0.6 is 11.3 Å². The molecule has 0 bridgehead atoms. The number of carbonyl (C=O) groups is 1. The normalized spacial score (nSPS) is 17.5. The van der Waals surface area contributed by atoms with E-state index in [-0.39, 0.29) is 5.91 Å². The van der Waals surface area contributed by atoms with Crippen LogP contribution in [0.4, 0.5) is 0 Å². The van der Waals surface area contributed by atoms with Crippen LogP contribution in [0.1, 0.15) is 24.1 Å². The van der Waals surface area contributed by atoms with Gasteiger partial charge in [0.1, 0.15) is 10.8 Å². The molecule has 1 amide bonds. The molecule has 0 saturated carbocycles. The summed E-state index contributed by atoms with van der Waals surface area (Å²) in [6, 6.07) is 7.83. The predicted octanol–water partition coefficient (Wildman–Crippen LogP) is 3.25. The number of nitrogens with zero attached hydrogens (tertiary/aromatic N) is 1. The fraction of sp³-hybridized carbons (Fsp3) is 0.444. The monoisotopic (exact) mass is 346 g/mol. The van der Waals surface area contributed by atoms with Gasteiger partial charge in [0.15, 0.2) is 0 Å². The molecule has 1 atom stereocenters. The van der Waals surface area contributed by atoms with Crippen molar-refractivity contribution in [3.05, 3.63) is 35.3 Å². The summed E-state index contributed by atoms with van der Waals surface area (Å²) in [6.45, 7) is 2.05. The Morgan fingerprint density at radius 2 is 2.42 bits per heavy atom. The summed E-state index contributed by atoms with van der Waals surface area (Å²) in [5, 5.41) is 3.91. The fourth-order valence-corrected chi connectivity index (χ4v) is 3.62. The van der Waals surface area contributed by atoms with Crippen molar-refractivity contribution in [1.29, 1.82) is 0 Å². The highest BCUT2D eigenvalue weighted by molar-refractivity contribution is 7.15. The standard InChI is InChI=1S/C18H22N2O3S/c1-22-15-6-2-5-14(9-15)18-20-11-16(24-18)10-19-17(21)8-13-4-3-7-23-12-13/h2,5-6,9,11,13H,3-4,7-8,10,12H2,1H3,(H,19,21). The first-order chi connectivity index (χ1) is 11.7.